The van der Waals surface area contributed by atoms with E-state index in [1.165, 1.54) is 11.7 Å². The average molecular weight is 297 g/mol. The van der Waals surface area contributed by atoms with Gasteiger partial charge in [-0.05, 0) is 13.0 Å². The van der Waals surface area contributed by atoms with Crippen LogP contribution in [0.2, 0.25) is 0 Å². The van der Waals surface area contributed by atoms with Gasteiger partial charge in [0.1, 0.15) is 6.20 Å². The molecule has 0 unspecified atom stereocenters. The highest BCUT2D eigenvalue weighted by Gasteiger charge is 2.25. The zero-order chi connectivity index (χ0) is 15.2. The third-order valence-electron chi connectivity index (χ3n) is 3.37. The van der Waals surface area contributed by atoms with Crippen LogP contribution in [0.25, 0.3) is 0 Å². The summed E-state index contributed by atoms with van der Waals surface area (Å²) in [6.45, 7) is 4.64. The van der Waals surface area contributed by atoms with Crippen molar-refractivity contribution in [2.75, 3.05) is 39.4 Å². The van der Waals surface area contributed by atoms with Gasteiger partial charge < -0.3 is 10.1 Å². The van der Waals surface area contributed by atoms with Gasteiger partial charge in [0.2, 0.25) is 5.69 Å². The number of morpholine rings is 1. The molecule has 0 atom stereocenters. The number of hydrogen-bond donors (Lipinski definition) is 1. The van der Waals surface area contributed by atoms with Crippen LogP contribution < -0.4 is 5.32 Å². The van der Waals surface area contributed by atoms with Crippen LogP contribution in [0.5, 0.6) is 0 Å². The predicted molar refractivity (Wildman–Crippen MR) is 74.1 cm³/mol. The highest BCUT2D eigenvalue weighted by atomic mass is 16.6. The van der Waals surface area contributed by atoms with Gasteiger partial charge in [0, 0.05) is 26.7 Å². The molecule has 0 radical (unpaired) electrons. The van der Waals surface area contributed by atoms with E-state index in [2.05, 4.69) is 15.3 Å². The molecule has 1 N–H and O–H groups in total. The molecule has 0 bridgehead atoms. The predicted octanol–water partition coefficient (Wildman–Crippen LogP) is -0.220. The van der Waals surface area contributed by atoms with Gasteiger partial charge in [0.15, 0.2) is 0 Å². The maximum Gasteiger partial charge on any atom is 0.320 e. The van der Waals surface area contributed by atoms with Crippen molar-refractivity contribution in [2.24, 2.45) is 7.05 Å². The first-order valence-electron chi connectivity index (χ1n) is 6.84. The topological polar surface area (TPSA) is 103 Å². The lowest BCUT2D eigenvalue weighted by Crippen LogP contribution is -2.38. The summed E-state index contributed by atoms with van der Waals surface area (Å²) in [7, 11) is 1.51. The average Bonchev–Trinajstić information content (AvgIpc) is 2.86. The molecule has 9 heteroatoms. The second-order valence-corrected chi connectivity index (χ2v) is 4.82. The number of ether oxygens (including phenoxy) is 1. The Kier molecular flexibility index (Phi) is 5.23. The lowest BCUT2D eigenvalue weighted by Gasteiger charge is -2.26. The van der Waals surface area contributed by atoms with Crippen LogP contribution in [0, 0.1) is 10.1 Å². The summed E-state index contributed by atoms with van der Waals surface area (Å²) in [6.07, 6.45) is 1.88. The molecular weight excluding hydrogens is 278 g/mol. The SMILES string of the molecule is Cn1ncc([N+](=O)[O-])c1C(=O)NCCCN1CCOCC1. The Labute approximate surface area is 122 Å². The molecule has 2 heterocycles. The van der Waals surface area contributed by atoms with Gasteiger partial charge in [-0.25, -0.2) is 0 Å². The number of aromatic nitrogens is 2. The number of amides is 1. The van der Waals surface area contributed by atoms with E-state index in [-0.39, 0.29) is 11.4 Å². The number of carbonyl (C=O) groups excluding carboxylic acids is 1. The number of nitrogens with one attached hydrogen (secondary N) is 1. The monoisotopic (exact) mass is 297 g/mol. The molecule has 1 aromatic rings. The molecule has 2 rings (SSSR count). The number of carbonyl (C=O) groups is 1. The van der Waals surface area contributed by atoms with Gasteiger partial charge in [-0.15, -0.1) is 0 Å². The molecule has 0 saturated carbocycles. The van der Waals surface area contributed by atoms with Crippen molar-refractivity contribution in [2.45, 2.75) is 6.42 Å². The Morgan fingerprint density at radius 3 is 2.90 bits per heavy atom. The molecule has 1 saturated heterocycles. The highest BCUT2D eigenvalue weighted by molar-refractivity contribution is 5.96. The Balaban J connectivity index is 1.79. The molecule has 1 aliphatic rings. The first-order valence-corrected chi connectivity index (χ1v) is 6.84. The van der Waals surface area contributed by atoms with Crippen LogP contribution in [0.3, 0.4) is 0 Å². The number of rotatable bonds is 6. The minimum Gasteiger partial charge on any atom is -0.379 e. The van der Waals surface area contributed by atoms with E-state index >= 15 is 0 Å². The van der Waals surface area contributed by atoms with E-state index in [1.807, 2.05) is 0 Å². The Bertz CT molecular complexity index is 510. The smallest absolute Gasteiger partial charge is 0.320 e. The van der Waals surface area contributed by atoms with Crippen molar-refractivity contribution >= 4 is 11.6 Å². The summed E-state index contributed by atoms with van der Waals surface area (Å²) in [5, 5.41) is 17.3. The first kappa shape index (κ1) is 15.4. The summed E-state index contributed by atoms with van der Waals surface area (Å²) in [4.78, 5) is 24.5. The zero-order valence-corrected chi connectivity index (χ0v) is 11.9. The van der Waals surface area contributed by atoms with Gasteiger partial charge in [0.05, 0.1) is 18.1 Å². The summed E-state index contributed by atoms with van der Waals surface area (Å²) in [5.74, 6) is -0.469. The molecule has 116 valence electrons. The summed E-state index contributed by atoms with van der Waals surface area (Å²) in [5.41, 5.74) is -0.297. The van der Waals surface area contributed by atoms with Gasteiger partial charge >= 0.3 is 5.69 Å². The van der Waals surface area contributed by atoms with Crippen LogP contribution in [-0.2, 0) is 11.8 Å². The van der Waals surface area contributed by atoms with E-state index in [9.17, 15) is 14.9 Å². The minimum atomic E-state index is -0.602. The molecule has 0 aromatic carbocycles. The van der Waals surface area contributed by atoms with Crippen molar-refractivity contribution in [3.63, 3.8) is 0 Å². The van der Waals surface area contributed by atoms with E-state index < -0.39 is 10.8 Å². The number of hydrogen-bond acceptors (Lipinski definition) is 6. The third kappa shape index (κ3) is 3.99. The van der Waals surface area contributed by atoms with Gasteiger partial charge in [0.25, 0.3) is 5.91 Å². The normalized spacial score (nSPS) is 15.9. The van der Waals surface area contributed by atoms with E-state index in [4.69, 9.17) is 4.74 Å². The molecule has 0 spiro atoms. The second-order valence-electron chi connectivity index (χ2n) is 4.82. The summed E-state index contributed by atoms with van der Waals surface area (Å²) < 4.78 is 6.47. The maximum absolute atomic E-state index is 12.0. The number of aryl methyl sites for hydroxylation is 1. The van der Waals surface area contributed by atoms with Gasteiger partial charge in [-0.1, -0.05) is 0 Å². The highest BCUT2D eigenvalue weighted by Crippen LogP contribution is 2.16. The van der Waals surface area contributed by atoms with E-state index in [0.29, 0.717) is 6.54 Å². The Hall–Kier alpha value is -2.00. The second kappa shape index (κ2) is 7.14. The fraction of sp³-hybridized carbons (Fsp3) is 0.667. The van der Waals surface area contributed by atoms with E-state index in [1.54, 1.807) is 0 Å². The lowest BCUT2D eigenvalue weighted by molar-refractivity contribution is -0.385. The zero-order valence-electron chi connectivity index (χ0n) is 11.9. The van der Waals surface area contributed by atoms with Crippen LogP contribution in [0.4, 0.5) is 5.69 Å². The maximum atomic E-state index is 12.0. The van der Waals surface area contributed by atoms with Crippen molar-refractivity contribution in [3.8, 4) is 0 Å². The molecule has 9 nitrogen and oxygen atoms in total. The first-order chi connectivity index (χ1) is 10.1. The fourth-order valence-corrected chi connectivity index (χ4v) is 2.24. The van der Waals surface area contributed by atoms with Crippen LogP contribution in [0.15, 0.2) is 6.20 Å². The quantitative estimate of drug-likeness (QED) is 0.442. The number of nitro groups is 1. The molecule has 1 aliphatic heterocycles. The molecule has 1 aromatic heterocycles. The van der Waals surface area contributed by atoms with Crippen molar-refractivity contribution in [1.82, 2.24) is 20.0 Å². The summed E-state index contributed by atoms with van der Waals surface area (Å²) >= 11 is 0. The molecule has 0 aliphatic carbocycles. The molecule has 1 amide bonds. The third-order valence-corrected chi connectivity index (χ3v) is 3.37. The summed E-state index contributed by atoms with van der Waals surface area (Å²) in [6, 6.07) is 0. The van der Waals surface area contributed by atoms with Crippen molar-refractivity contribution < 1.29 is 14.5 Å². The lowest BCUT2D eigenvalue weighted by atomic mass is 10.3. The van der Waals surface area contributed by atoms with Crippen LogP contribution in [0.1, 0.15) is 16.9 Å². The fourth-order valence-electron chi connectivity index (χ4n) is 2.24. The van der Waals surface area contributed by atoms with E-state index in [0.717, 1.165) is 45.5 Å². The minimum absolute atomic E-state index is 0.0219. The molecule has 1 fully saturated rings. The Morgan fingerprint density at radius 1 is 1.52 bits per heavy atom. The van der Waals surface area contributed by atoms with Crippen molar-refractivity contribution in [3.05, 3.63) is 22.0 Å². The molecule has 21 heavy (non-hydrogen) atoms. The van der Waals surface area contributed by atoms with Crippen molar-refractivity contribution in [1.29, 1.82) is 0 Å². The largest absolute Gasteiger partial charge is 0.379 e. The van der Waals surface area contributed by atoms with Gasteiger partial charge in [-0.3, -0.25) is 24.5 Å². The Morgan fingerprint density at radius 2 is 2.24 bits per heavy atom. The number of nitrogens with zero attached hydrogens (tertiary/aromatic N) is 4. The van der Waals surface area contributed by atoms with Crippen LogP contribution >= 0.6 is 0 Å². The van der Waals surface area contributed by atoms with Crippen LogP contribution in [-0.4, -0.2) is 64.9 Å². The standard InChI is InChI=1S/C12H19N5O4/c1-15-11(10(9-14-15)17(19)20)12(18)13-3-2-4-16-5-7-21-8-6-16/h9H,2-8H2,1H3,(H,13,18). The van der Waals surface area contributed by atoms with Gasteiger partial charge in [-0.2, -0.15) is 5.10 Å². The molecular formula is C12H19N5O4.